The van der Waals surface area contributed by atoms with Crippen molar-refractivity contribution >= 4 is 5.97 Å². The summed E-state index contributed by atoms with van der Waals surface area (Å²) in [7, 11) is 0. The van der Waals surface area contributed by atoms with E-state index in [1.807, 2.05) is 0 Å². The molecule has 0 spiro atoms. The molecular formula is C16H45N3O4. The van der Waals surface area contributed by atoms with E-state index in [1.165, 1.54) is 44.9 Å². The maximum Gasteiger partial charge on any atom is 0.0414 e. The third-order valence-electron chi connectivity index (χ3n) is 2.48. The smallest absolute Gasteiger partial charge is 0.0414 e. The second kappa shape index (κ2) is 42.9. The summed E-state index contributed by atoms with van der Waals surface area (Å²) in [5.41, 5.74) is 0. The Bertz CT molecular complexity index is 171. The van der Waals surface area contributed by atoms with Gasteiger partial charge in [0.25, 0.3) is 0 Å². The average Bonchev–Trinajstić information content (AvgIpc) is 2.38. The topological polar surface area (TPSA) is 196 Å². The van der Waals surface area contributed by atoms with Gasteiger partial charge in [0.05, 0.1) is 0 Å². The Hall–Kier alpha value is -0.730. The fourth-order valence-electron chi connectivity index (χ4n) is 1.58. The van der Waals surface area contributed by atoms with Crippen LogP contribution in [0.3, 0.4) is 0 Å². The van der Waals surface area contributed by atoms with Gasteiger partial charge in [0.2, 0.25) is 0 Å². The standard InChI is InChI=1S/C12H24O2.2C2H5O.3H3N/c1-2-3-4-5-6-7-8-9-10-11-12(13)14;2*1-2-3;;;/h2-11H2,1H3,(H,13,14);2*2H2,1H3;3*1H3/q;2*-1;;;/p+2. The summed E-state index contributed by atoms with van der Waals surface area (Å²) in [6.45, 7) is 5.36. The lowest BCUT2D eigenvalue weighted by molar-refractivity contribution is -0.362. The van der Waals surface area contributed by atoms with Crippen LogP contribution in [0.2, 0.25) is 0 Å². The first-order valence-electron chi connectivity index (χ1n) is 7.96. The van der Waals surface area contributed by atoms with Crippen LogP contribution in [-0.2, 0) is 4.79 Å². The molecule has 0 aliphatic heterocycles. The fraction of sp³-hybridized carbons (Fsp3) is 0.938. The van der Waals surface area contributed by atoms with Gasteiger partial charge >= 0.3 is 0 Å². The molecule has 0 radical (unpaired) electrons. The molecule has 0 amide bonds. The first-order chi connectivity index (χ1) is 9.60. The number of aliphatic carboxylic acids is 1. The Balaban J connectivity index is -0.0000000699. The first-order valence-corrected chi connectivity index (χ1v) is 7.96. The van der Waals surface area contributed by atoms with E-state index < -0.39 is 5.97 Å². The summed E-state index contributed by atoms with van der Waals surface area (Å²) in [5.74, 6) is -0.909. The lowest BCUT2D eigenvalue weighted by atomic mass is 10.1. The summed E-state index contributed by atoms with van der Waals surface area (Å²) in [6, 6.07) is 0. The molecule has 7 nitrogen and oxygen atoms in total. The van der Waals surface area contributed by atoms with Crippen molar-refractivity contribution < 1.29 is 20.1 Å². The molecule has 0 heterocycles. The van der Waals surface area contributed by atoms with E-state index in [4.69, 9.17) is 10.2 Å². The minimum atomic E-state index is -0.909. The SMILES string of the molecule is CCCCCCCCCCCC(=O)[O-].CC[O-].CC[O-].[NH4+].[NH4+].[NH4+]. The van der Waals surface area contributed by atoms with Crippen molar-refractivity contribution in [1.29, 1.82) is 0 Å². The Kier molecular flexibility index (Phi) is 71.0. The first kappa shape index (κ1) is 38.1. The molecule has 0 unspecified atom stereocenters. The predicted molar refractivity (Wildman–Crippen MR) is 95.9 cm³/mol. The van der Waals surface area contributed by atoms with Crippen molar-refractivity contribution in [2.45, 2.75) is 85.0 Å². The molecule has 148 valence electrons. The number of hydrogen-bond donors (Lipinski definition) is 3. The zero-order valence-electron chi connectivity index (χ0n) is 16.6. The molecule has 0 aromatic rings. The van der Waals surface area contributed by atoms with Crippen molar-refractivity contribution in [3.8, 4) is 0 Å². The van der Waals surface area contributed by atoms with Gasteiger partial charge in [-0.05, 0) is 12.8 Å². The Morgan fingerprint density at radius 3 is 1.17 bits per heavy atom. The molecule has 0 saturated carbocycles. The molecule has 0 saturated heterocycles. The normalized spacial score (nSPS) is 7.87. The van der Waals surface area contributed by atoms with Crippen LogP contribution < -0.4 is 33.8 Å². The van der Waals surface area contributed by atoms with Crippen LogP contribution in [0, 0.1) is 0 Å². The Labute approximate surface area is 143 Å². The lowest BCUT2D eigenvalue weighted by Gasteiger charge is -2.02. The molecule has 0 aliphatic carbocycles. The minimum absolute atomic E-state index is 0. The van der Waals surface area contributed by atoms with E-state index in [0.29, 0.717) is 0 Å². The number of carboxylic acid groups (broad SMARTS) is 1. The molecule has 0 aromatic carbocycles. The summed E-state index contributed by atoms with van der Waals surface area (Å²) >= 11 is 0. The molecule has 0 atom stereocenters. The third-order valence-corrected chi connectivity index (χ3v) is 2.48. The Morgan fingerprint density at radius 2 is 0.913 bits per heavy atom. The highest BCUT2D eigenvalue weighted by molar-refractivity contribution is 5.63. The van der Waals surface area contributed by atoms with Gasteiger partial charge in [0, 0.05) is 5.97 Å². The zero-order chi connectivity index (χ0) is 16.1. The molecule has 0 aliphatic rings. The van der Waals surface area contributed by atoms with Gasteiger partial charge in [0.15, 0.2) is 0 Å². The number of hydrogen-bond acceptors (Lipinski definition) is 4. The van der Waals surface area contributed by atoms with E-state index >= 15 is 0 Å². The van der Waals surface area contributed by atoms with Crippen LogP contribution in [-0.4, -0.2) is 19.2 Å². The minimum Gasteiger partial charge on any atom is -0.855 e. The van der Waals surface area contributed by atoms with Crippen LogP contribution in [0.1, 0.15) is 85.0 Å². The number of carboxylic acids is 1. The van der Waals surface area contributed by atoms with Gasteiger partial charge in [-0.1, -0.05) is 72.1 Å². The van der Waals surface area contributed by atoms with Crippen molar-refractivity contribution in [3.05, 3.63) is 0 Å². The number of carbonyl (C=O) groups is 1. The molecular weight excluding hydrogens is 298 g/mol. The molecule has 0 fully saturated rings. The average molecular weight is 344 g/mol. The quantitative estimate of drug-likeness (QED) is 0.512. The highest BCUT2D eigenvalue weighted by Crippen LogP contribution is 2.09. The van der Waals surface area contributed by atoms with Crippen molar-refractivity contribution in [3.63, 3.8) is 0 Å². The zero-order valence-corrected chi connectivity index (χ0v) is 16.6. The second-order valence-electron chi connectivity index (χ2n) is 4.53. The highest BCUT2D eigenvalue weighted by Gasteiger charge is 1.92. The van der Waals surface area contributed by atoms with Gasteiger partial charge < -0.3 is 38.6 Å². The van der Waals surface area contributed by atoms with Crippen molar-refractivity contribution in [2.24, 2.45) is 0 Å². The van der Waals surface area contributed by atoms with E-state index in [-0.39, 0.29) is 38.1 Å². The number of carbonyl (C=O) groups excluding carboxylic acids is 1. The maximum atomic E-state index is 10.1. The molecule has 0 aromatic heterocycles. The van der Waals surface area contributed by atoms with Crippen LogP contribution in [0.25, 0.3) is 0 Å². The van der Waals surface area contributed by atoms with Crippen LogP contribution in [0.4, 0.5) is 0 Å². The van der Waals surface area contributed by atoms with Gasteiger partial charge in [0.1, 0.15) is 0 Å². The largest absolute Gasteiger partial charge is 0.855 e. The summed E-state index contributed by atoms with van der Waals surface area (Å²) in [4.78, 5) is 10.1. The lowest BCUT2D eigenvalue weighted by Crippen LogP contribution is -2.21. The van der Waals surface area contributed by atoms with E-state index in [1.54, 1.807) is 13.8 Å². The van der Waals surface area contributed by atoms with Gasteiger partial charge in [-0.3, -0.25) is 0 Å². The summed E-state index contributed by atoms with van der Waals surface area (Å²) in [5, 5.41) is 28.0. The number of unbranched alkanes of at least 4 members (excludes halogenated alkanes) is 8. The third kappa shape index (κ3) is 74.9. The molecule has 12 N–H and O–H groups in total. The molecule has 23 heavy (non-hydrogen) atoms. The number of rotatable bonds is 10. The number of quaternary nitrogens is 3. The molecule has 0 rings (SSSR count). The van der Waals surface area contributed by atoms with Crippen LogP contribution in [0.15, 0.2) is 0 Å². The van der Waals surface area contributed by atoms with Crippen LogP contribution in [0.5, 0.6) is 0 Å². The van der Waals surface area contributed by atoms with Gasteiger partial charge in [-0.25, -0.2) is 0 Å². The fourth-order valence-corrected chi connectivity index (χ4v) is 1.58. The van der Waals surface area contributed by atoms with Crippen molar-refractivity contribution in [1.82, 2.24) is 18.5 Å². The maximum absolute atomic E-state index is 10.1. The van der Waals surface area contributed by atoms with Crippen LogP contribution >= 0.6 is 0 Å². The highest BCUT2D eigenvalue weighted by atomic mass is 16.4. The van der Waals surface area contributed by atoms with Gasteiger partial charge in [-0.15, -0.1) is 13.2 Å². The van der Waals surface area contributed by atoms with E-state index in [0.717, 1.165) is 12.8 Å². The monoisotopic (exact) mass is 343 g/mol. The van der Waals surface area contributed by atoms with Gasteiger partial charge in [-0.2, -0.15) is 0 Å². The molecule has 7 heteroatoms. The summed E-state index contributed by atoms with van der Waals surface area (Å²) < 4.78 is 0. The van der Waals surface area contributed by atoms with E-state index in [2.05, 4.69) is 6.92 Å². The predicted octanol–water partition coefficient (Wildman–Crippen LogP) is 2.52. The molecule has 0 bridgehead atoms. The van der Waals surface area contributed by atoms with E-state index in [9.17, 15) is 9.90 Å². The van der Waals surface area contributed by atoms with Crippen molar-refractivity contribution in [2.75, 3.05) is 13.2 Å². The second-order valence-corrected chi connectivity index (χ2v) is 4.53. The Morgan fingerprint density at radius 1 is 0.652 bits per heavy atom. The summed E-state index contributed by atoms with van der Waals surface area (Å²) in [6.07, 6.45) is 11.2.